The fourth-order valence-corrected chi connectivity index (χ4v) is 3.61. The predicted molar refractivity (Wildman–Crippen MR) is 85.6 cm³/mol. The van der Waals surface area contributed by atoms with Crippen LogP contribution in [0.15, 0.2) is 42.5 Å². The number of fused-ring (bicyclic) bond motifs is 1. The number of benzene rings is 2. The third-order valence-electron chi connectivity index (χ3n) is 2.97. The lowest BCUT2D eigenvalue weighted by Crippen LogP contribution is -1.99. The van der Waals surface area contributed by atoms with Crippen LogP contribution in [0.25, 0.3) is 10.1 Å². The van der Waals surface area contributed by atoms with Crippen LogP contribution in [-0.2, 0) is 6.54 Å². The molecule has 0 aliphatic carbocycles. The van der Waals surface area contributed by atoms with Gasteiger partial charge in [0, 0.05) is 15.0 Å². The van der Waals surface area contributed by atoms with Crippen LogP contribution < -0.4 is 5.32 Å². The van der Waals surface area contributed by atoms with Crippen molar-refractivity contribution in [1.82, 2.24) is 0 Å². The Labute approximate surface area is 129 Å². The molecule has 0 aliphatic heterocycles. The summed E-state index contributed by atoms with van der Waals surface area (Å²) in [5.74, 6) is -0.320. The summed E-state index contributed by atoms with van der Waals surface area (Å²) in [6.07, 6.45) is 0. The molecule has 0 radical (unpaired) electrons. The van der Waals surface area contributed by atoms with Gasteiger partial charge < -0.3 is 5.32 Å². The molecule has 0 fully saturated rings. The second kappa shape index (κ2) is 5.60. The van der Waals surface area contributed by atoms with Gasteiger partial charge in [-0.3, -0.25) is 0 Å². The van der Waals surface area contributed by atoms with Gasteiger partial charge in [0.1, 0.15) is 5.82 Å². The van der Waals surface area contributed by atoms with Crippen molar-refractivity contribution in [3.05, 3.63) is 63.2 Å². The molecule has 3 aromatic rings. The van der Waals surface area contributed by atoms with Gasteiger partial charge >= 0.3 is 0 Å². The van der Waals surface area contributed by atoms with Crippen LogP contribution in [0, 0.1) is 5.82 Å². The molecule has 1 heterocycles. The molecular weight excluding hydrogens is 316 g/mol. The summed E-state index contributed by atoms with van der Waals surface area (Å²) in [4.78, 5) is 1.01. The van der Waals surface area contributed by atoms with Crippen molar-refractivity contribution in [2.24, 2.45) is 0 Å². The van der Waals surface area contributed by atoms with Crippen molar-refractivity contribution in [3.8, 4) is 0 Å². The second-order valence-corrected chi connectivity index (χ2v) is 6.24. The fraction of sp³-hybridized carbons (Fsp3) is 0.0667. The third kappa shape index (κ3) is 2.62. The standard InChI is InChI=1S/C15H10Cl2FNS/c16-11-6-5-9(18)7-12(11)19-8-14-15(17)10-3-1-2-4-13(10)20-14/h1-7,19H,8H2. The first kappa shape index (κ1) is 13.7. The van der Waals surface area contributed by atoms with Crippen LogP contribution in [0.2, 0.25) is 10.0 Å². The molecule has 0 amide bonds. The van der Waals surface area contributed by atoms with Crippen molar-refractivity contribution >= 4 is 50.3 Å². The lowest BCUT2D eigenvalue weighted by atomic mass is 10.2. The quantitative estimate of drug-likeness (QED) is 0.626. The molecule has 1 N–H and O–H groups in total. The maximum absolute atomic E-state index is 13.2. The van der Waals surface area contributed by atoms with E-state index in [-0.39, 0.29) is 5.82 Å². The van der Waals surface area contributed by atoms with E-state index in [0.29, 0.717) is 17.3 Å². The van der Waals surface area contributed by atoms with E-state index in [4.69, 9.17) is 23.2 Å². The Kier molecular flexibility index (Phi) is 3.83. The monoisotopic (exact) mass is 325 g/mol. The van der Waals surface area contributed by atoms with E-state index < -0.39 is 0 Å². The Morgan fingerprint density at radius 2 is 1.90 bits per heavy atom. The molecule has 102 valence electrons. The molecule has 0 aliphatic rings. The number of hydrogen-bond acceptors (Lipinski definition) is 2. The van der Waals surface area contributed by atoms with E-state index in [1.807, 2.05) is 24.3 Å². The van der Waals surface area contributed by atoms with Gasteiger partial charge in [0.15, 0.2) is 0 Å². The van der Waals surface area contributed by atoms with Crippen molar-refractivity contribution in [2.75, 3.05) is 5.32 Å². The van der Waals surface area contributed by atoms with Gasteiger partial charge in [0.25, 0.3) is 0 Å². The molecule has 1 aromatic heterocycles. The van der Waals surface area contributed by atoms with Gasteiger partial charge in [-0.2, -0.15) is 0 Å². The number of rotatable bonds is 3. The lowest BCUT2D eigenvalue weighted by Gasteiger charge is -2.07. The number of thiophene rings is 1. The zero-order chi connectivity index (χ0) is 14.1. The Bertz CT molecular complexity index is 770. The summed E-state index contributed by atoms with van der Waals surface area (Å²) < 4.78 is 14.3. The van der Waals surface area contributed by atoms with Gasteiger partial charge in [0.2, 0.25) is 0 Å². The molecule has 0 spiro atoms. The molecular formula is C15H10Cl2FNS. The van der Waals surface area contributed by atoms with Crippen LogP contribution in [0.3, 0.4) is 0 Å². The molecule has 0 saturated carbocycles. The Morgan fingerprint density at radius 3 is 2.70 bits per heavy atom. The topological polar surface area (TPSA) is 12.0 Å². The van der Waals surface area contributed by atoms with Crippen LogP contribution >= 0.6 is 34.5 Å². The highest BCUT2D eigenvalue weighted by molar-refractivity contribution is 7.19. The van der Waals surface area contributed by atoms with Crippen LogP contribution in [0.4, 0.5) is 10.1 Å². The van der Waals surface area contributed by atoms with Gasteiger partial charge in [-0.05, 0) is 24.3 Å². The highest BCUT2D eigenvalue weighted by atomic mass is 35.5. The molecule has 20 heavy (non-hydrogen) atoms. The largest absolute Gasteiger partial charge is 0.379 e. The van der Waals surface area contributed by atoms with E-state index in [2.05, 4.69) is 5.32 Å². The fourth-order valence-electron chi connectivity index (χ4n) is 1.99. The highest BCUT2D eigenvalue weighted by Crippen LogP contribution is 2.35. The van der Waals surface area contributed by atoms with E-state index in [9.17, 15) is 4.39 Å². The second-order valence-electron chi connectivity index (χ2n) is 4.31. The molecule has 0 unspecified atom stereocenters. The number of nitrogens with one attached hydrogen (secondary N) is 1. The van der Waals surface area contributed by atoms with E-state index in [1.54, 1.807) is 11.3 Å². The molecule has 0 saturated heterocycles. The van der Waals surface area contributed by atoms with E-state index in [1.165, 1.54) is 18.2 Å². The van der Waals surface area contributed by atoms with Gasteiger partial charge in [-0.15, -0.1) is 11.3 Å². The first-order chi connectivity index (χ1) is 9.65. The summed E-state index contributed by atoms with van der Waals surface area (Å²) >= 11 is 14.0. The maximum atomic E-state index is 13.2. The molecule has 0 bridgehead atoms. The third-order valence-corrected chi connectivity index (χ3v) is 5.01. The van der Waals surface area contributed by atoms with Crippen LogP contribution in [0.1, 0.15) is 4.88 Å². The normalized spacial score (nSPS) is 10.9. The Balaban J connectivity index is 1.87. The average Bonchev–Trinajstić information content (AvgIpc) is 2.77. The first-order valence-corrected chi connectivity index (χ1v) is 7.57. The molecule has 1 nitrogen and oxygen atoms in total. The molecule has 5 heteroatoms. The predicted octanol–water partition coefficient (Wildman–Crippen LogP) is 5.96. The minimum Gasteiger partial charge on any atom is -0.379 e. The minimum absolute atomic E-state index is 0.320. The van der Waals surface area contributed by atoms with E-state index in [0.717, 1.165) is 20.0 Å². The van der Waals surface area contributed by atoms with Gasteiger partial charge in [-0.25, -0.2) is 4.39 Å². The van der Waals surface area contributed by atoms with Crippen molar-refractivity contribution in [2.45, 2.75) is 6.54 Å². The summed E-state index contributed by atoms with van der Waals surface area (Å²) in [7, 11) is 0. The minimum atomic E-state index is -0.320. The number of halogens is 3. The highest BCUT2D eigenvalue weighted by Gasteiger charge is 2.10. The lowest BCUT2D eigenvalue weighted by molar-refractivity contribution is 0.628. The maximum Gasteiger partial charge on any atom is 0.125 e. The zero-order valence-electron chi connectivity index (χ0n) is 10.3. The number of anilines is 1. The Hall–Kier alpha value is -1.29. The molecule has 0 atom stereocenters. The summed E-state index contributed by atoms with van der Waals surface area (Å²) in [5, 5.41) is 5.40. The summed E-state index contributed by atoms with van der Waals surface area (Å²) in [6.45, 7) is 0.515. The van der Waals surface area contributed by atoms with Gasteiger partial charge in [-0.1, -0.05) is 41.4 Å². The van der Waals surface area contributed by atoms with Gasteiger partial charge in [0.05, 0.1) is 22.3 Å². The van der Waals surface area contributed by atoms with Crippen LogP contribution in [0.5, 0.6) is 0 Å². The first-order valence-electron chi connectivity index (χ1n) is 6.00. The molecule has 3 rings (SSSR count). The van der Waals surface area contributed by atoms with Crippen molar-refractivity contribution < 1.29 is 4.39 Å². The Morgan fingerprint density at radius 1 is 1.10 bits per heavy atom. The zero-order valence-corrected chi connectivity index (χ0v) is 12.6. The number of hydrogen-bond donors (Lipinski definition) is 1. The van der Waals surface area contributed by atoms with Crippen molar-refractivity contribution in [3.63, 3.8) is 0 Å². The smallest absolute Gasteiger partial charge is 0.125 e. The average molecular weight is 326 g/mol. The summed E-state index contributed by atoms with van der Waals surface area (Å²) in [5.41, 5.74) is 0.570. The van der Waals surface area contributed by atoms with Crippen molar-refractivity contribution in [1.29, 1.82) is 0 Å². The van der Waals surface area contributed by atoms with E-state index >= 15 is 0 Å². The SMILES string of the molecule is Fc1ccc(Cl)c(NCc2sc3ccccc3c2Cl)c1. The summed E-state index contributed by atoms with van der Waals surface area (Å²) in [6, 6.07) is 12.2. The van der Waals surface area contributed by atoms with Crippen LogP contribution in [-0.4, -0.2) is 0 Å². The molecule has 2 aromatic carbocycles.